The van der Waals surface area contributed by atoms with Crippen molar-refractivity contribution in [3.8, 4) is 0 Å². The zero-order chi connectivity index (χ0) is 26.6. The topological polar surface area (TPSA) is 106 Å². The van der Waals surface area contributed by atoms with Crippen LogP contribution in [0.5, 0.6) is 0 Å². The van der Waals surface area contributed by atoms with E-state index >= 15 is 0 Å². The standard InChI is InChI=1S/C28H37N5O5/c1-30-23-15-19(3-4-21(23)33(26(30)36)22-5-6-24(34)29-25(22)35)18-7-11-31(12-8-18)20-16-28(17-20)9-13-32(14-10-28)27(37)38-2/h3-4,15,18,20,22H,5-14,16-17H2,1-2H3,(H,29,34,35). The fourth-order valence-corrected chi connectivity index (χ4v) is 7.36. The fraction of sp³-hybridized carbons (Fsp3) is 0.643. The van der Waals surface area contributed by atoms with E-state index in [1.165, 1.54) is 25.5 Å². The van der Waals surface area contributed by atoms with Crippen molar-refractivity contribution in [1.82, 2.24) is 24.3 Å². The molecule has 38 heavy (non-hydrogen) atoms. The number of nitrogens with one attached hydrogen (secondary N) is 1. The molecule has 4 fully saturated rings. The molecule has 0 bridgehead atoms. The van der Waals surface area contributed by atoms with Crippen LogP contribution in [0.3, 0.4) is 0 Å². The molecular weight excluding hydrogens is 486 g/mol. The van der Waals surface area contributed by atoms with Gasteiger partial charge in [0.05, 0.1) is 18.1 Å². The van der Waals surface area contributed by atoms with Gasteiger partial charge in [-0.2, -0.15) is 0 Å². The number of benzene rings is 1. The first-order chi connectivity index (χ1) is 18.3. The van der Waals surface area contributed by atoms with Crippen molar-refractivity contribution in [3.63, 3.8) is 0 Å². The van der Waals surface area contributed by atoms with Crippen molar-refractivity contribution in [2.24, 2.45) is 12.5 Å². The Hall–Kier alpha value is -3.14. The highest BCUT2D eigenvalue weighted by molar-refractivity contribution is 6.00. The normalized spacial score (nSPS) is 25.0. The van der Waals surface area contributed by atoms with E-state index in [1.54, 1.807) is 16.2 Å². The van der Waals surface area contributed by atoms with Crippen LogP contribution >= 0.6 is 0 Å². The number of rotatable bonds is 3. The molecule has 3 amide bonds. The van der Waals surface area contributed by atoms with E-state index in [0.29, 0.717) is 23.8 Å². The number of methoxy groups -OCH3 is 1. The van der Waals surface area contributed by atoms with Crippen LogP contribution < -0.4 is 11.0 Å². The Morgan fingerprint density at radius 2 is 1.71 bits per heavy atom. The molecule has 1 aromatic heterocycles. The minimum absolute atomic E-state index is 0.205. The largest absolute Gasteiger partial charge is 0.453 e. The van der Waals surface area contributed by atoms with E-state index in [9.17, 15) is 19.2 Å². The van der Waals surface area contributed by atoms with Crippen LogP contribution in [0.4, 0.5) is 4.79 Å². The van der Waals surface area contributed by atoms with Gasteiger partial charge in [0.1, 0.15) is 6.04 Å². The summed E-state index contributed by atoms with van der Waals surface area (Å²) >= 11 is 0. The van der Waals surface area contributed by atoms with Crippen LogP contribution in [0, 0.1) is 5.41 Å². The number of amides is 3. The van der Waals surface area contributed by atoms with Gasteiger partial charge in [-0.05, 0) is 87.1 Å². The first-order valence-electron chi connectivity index (χ1n) is 13.9. The maximum atomic E-state index is 13.1. The average molecular weight is 524 g/mol. The molecule has 10 heteroatoms. The summed E-state index contributed by atoms with van der Waals surface area (Å²) in [6.07, 6.45) is 7.17. The number of likely N-dealkylation sites (tertiary alicyclic amines) is 2. The van der Waals surface area contributed by atoms with Gasteiger partial charge in [0, 0.05) is 32.6 Å². The Labute approximate surface area is 221 Å². The molecule has 3 saturated heterocycles. The minimum Gasteiger partial charge on any atom is -0.453 e. The lowest BCUT2D eigenvalue weighted by Crippen LogP contribution is -2.56. The lowest BCUT2D eigenvalue weighted by molar-refractivity contribution is -0.135. The molecule has 1 atom stereocenters. The lowest BCUT2D eigenvalue weighted by atomic mass is 9.59. The predicted molar refractivity (Wildman–Crippen MR) is 141 cm³/mol. The smallest absolute Gasteiger partial charge is 0.409 e. The Morgan fingerprint density at radius 1 is 1.00 bits per heavy atom. The molecule has 1 aromatic carbocycles. The van der Waals surface area contributed by atoms with Gasteiger partial charge in [-0.3, -0.25) is 24.0 Å². The number of carbonyl (C=O) groups excluding carboxylic acids is 3. The number of nitrogens with zero attached hydrogens (tertiary/aromatic N) is 4. The number of fused-ring (bicyclic) bond motifs is 1. The van der Waals surface area contributed by atoms with Gasteiger partial charge in [-0.25, -0.2) is 9.59 Å². The van der Waals surface area contributed by atoms with Gasteiger partial charge in [0.15, 0.2) is 0 Å². The highest BCUT2D eigenvalue weighted by Gasteiger charge is 2.48. The second kappa shape index (κ2) is 9.55. The van der Waals surface area contributed by atoms with Crippen molar-refractivity contribution in [1.29, 1.82) is 0 Å². The molecule has 4 heterocycles. The number of imide groups is 1. The van der Waals surface area contributed by atoms with Gasteiger partial charge < -0.3 is 14.5 Å². The molecule has 1 saturated carbocycles. The zero-order valence-corrected chi connectivity index (χ0v) is 22.3. The van der Waals surface area contributed by atoms with Crippen LogP contribution in [0.2, 0.25) is 0 Å². The summed E-state index contributed by atoms with van der Waals surface area (Å²) < 4.78 is 8.05. The van der Waals surface area contributed by atoms with Crippen LogP contribution in [-0.4, -0.2) is 76.2 Å². The zero-order valence-electron chi connectivity index (χ0n) is 22.3. The number of hydrogen-bond acceptors (Lipinski definition) is 6. The molecule has 6 rings (SSSR count). The molecule has 1 aliphatic carbocycles. The third-order valence-electron chi connectivity index (χ3n) is 9.75. The SMILES string of the molecule is COC(=O)N1CCC2(CC1)CC(N1CCC(c3ccc4c(c3)n(C)c(=O)n4C3CCC(=O)NC3=O)CC1)C2. The number of imidazole rings is 1. The van der Waals surface area contributed by atoms with Gasteiger partial charge in [-0.15, -0.1) is 0 Å². The van der Waals surface area contributed by atoms with Crippen LogP contribution in [0.25, 0.3) is 11.0 Å². The second-order valence-electron chi connectivity index (χ2n) is 11.8. The Bertz CT molecular complexity index is 1320. The molecule has 1 unspecified atom stereocenters. The summed E-state index contributed by atoms with van der Waals surface area (Å²) in [4.78, 5) is 53.4. The summed E-state index contributed by atoms with van der Waals surface area (Å²) in [6, 6.07) is 6.19. The summed E-state index contributed by atoms with van der Waals surface area (Å²) in [5.74, 6) is -0.240. The molecule has 1 spiro atoms. The highest BCUT2D eigenvalue weighted by Crippen LogP contribution is 2.51. The number of ether oxygens (including phenoxy) is 1. The molecule has 3 aliphatic heterocycles. The Kier molecular flexibility index (Phi) is 6.32. The number of piperidine rings is 3. The minimum atomic E-state index is -0.656. The summed E-state index contributed by atoms with van der Waals surface area (Å²) in [7, 11) is 3.20. The van der Waals surface area contributed by atoms with Gasteiger partial charge in [0.2, 0.25) is 11.8 Å². The van der Waals surface area contributed by atoms with Crippen molar-refractivity contribution >= 4 is 28.9 Å². The van der Waals surface area contributed by atoms with E-state index in [1.807, 2.05) is 11.0 Å². The van der Waals surface area contributed by atoms with Gasteiger partial charge in [0.25, 0.3) is 0 Å². The number of carbonyl (C=O) groups is 3. The van der Waals surface area contributed by atoms with Crippen molar-refractivity contribution in [3.05, 3.63) is 34.2 Å². The van der Waals surface area contributed by atoms with Gasteiger partial charge in [-0.1, -0.05) is 6.07 Å². The Morgan fingerprint density at radius 3 is 2.37 bits per heavy atom. The lowest BCUT2D eigenvalue weighted by Gasteiger charge is -2.56. The van der Waals surface area contributed by atoms with Crippen molar-refractivity contribution < 1.29 is 19.1 Å². The fourth-order valence-electron chi connectivity index (χ4n) is 7.36. The first kappa shape index (κ1) is 25.2. The predicted octanol–water partition coefficient (Wildman–Crippen LogP) is 2.51. The first-order valence-corrected chi connectivity index (χ1v) is 13.9. The number of aromatic nitrogens is 2. The van der Waals surface area contributed by atoms with Gasteiger partial charge >= 0.3 is 11.8 Å². The van der Waals surface area contributed by atoms with Crippen molar-refractivity contribution in [2.75, 3.05) is 33.3 Å². The van der Waals surface area contributed by atoms with Crippen molar-refractivity contribution in [2.45, 2.75) is 69.4 Å². The summed E-state index contributed by atoms with van der Waals surface area (Å²) in [6.45, 7) is 3.76. The maximum absolute atomic E-state index is 13.1. The van der Waals surface area contributed by atoms with Crippen LogP contribution in [0.1, 0.15) is 68.9 Å². The van der Waals surface area contributed by atoms with E-state index in [0.717, 1.165) is 62.9 Å². The molecule has 204 valence electrons. The van der Waals surface area contributed by atoms with E-state index in [2.05, 4.69) is 22.3 Å². The molecule has 4 aliphatic rings. The quantitative estimate of drug-likeness (QED) is 0.620. The third kappa shape index (κ3) is 4.22. The van der Waals surface area contributed by atoms with Crippen LogP contribution in [-0.2, 0) is 21.4 Å². The molecule has 10 nitrogen and oxygen atoms in total. The number of aryl methyl sites for hydroxylation is 1. The third-order valence-corrected chi connectivity index (χ3v) is 9.75. The molecule has 1 N–H and O–H groups in total. The van der Waals surface area contributed by atoms with Crippen LogP contribution in [0.15, 0.2) is 23.0 Å². The highest BCUT2D eigenvalue weighted by atomic mass is 16.5. The molecular formula is C28H37N5O5. The van der Waals surface area contributed by atoms with E-state index < -0.39 is 11.9 Å². The monoisotopic (exact) mass is 523 g/mol. The van der Waals surface area contributed by atoms with E-state index in [-0.39, 0.29) is 24.1 Å². The molecule has 2 aromatic rings. The summed E-state index contributed by atoms with van der Waals surface area (Å²) in [5, 5.41) is 2.37. The second-order valence-corrected chi connectivity index (χ2v) is 11.8. The average Bonchev–Trinajstić information content (AvgIpc) is 3.16. The Balaban J connectivity index is 1.09. The van der Waals surface area contributed by atoms with E-state index in [4.69, 9.17) is 4.74 Å². The summed E-state index contributed by atoms with van der Waals surface area (Å²) in [5.41, 5.74) is 2.99. The maximum Gasteiger partial charge on any atom is 0.409 e. The molecule has 0 radical (unpaired) electrons. The number of hydrogen-bond donors (Lipinski definition) is 1.